The number of Topliss-reactive ketones (excluding diaryl/α,β-unsaturated/α-hetero) is 1. The Bertz CT molecular complexity index is 1640. The number of benzene rings is 3. The highest BCUT2D eigenvalue weighted by Gasteiger charge is 2.25. The summed E-state index contributed by atoms with van der Waals surface area (Å²) in [5, 5.41) is 2.68. The summed E-state index contributed by atoms with van der Waals surface area (Å²) >= 11 is 0. The van der Waals surface area contributed by atoms with E-state index < -0.39 is 0 Å². The van der Waals surface area contributed by atoms with Gasteiger partial charge in [0.15, 0.2) is 5.78 Å². The van der Waals surface area contributed by atoms with Crippen LogP contribution in [0.15, 0.2) is 97.2 Å². The fourth-order valence-corrected chi connectivity index (χ4v) is 4.73. The van der Waals surface area contributed by atoms with Gasteiger partial charge in [-0.1, -0.05) is 62.4 Å². The van der Waals surface area contributed by atoms with Crippen LogP contribution in [0.2, 0.25) is 0 Å². The first-order valence-corrected chi connectivity index (χ1v) is 12.5. The summed E-state index contributed by atoms with van der Waals surface area (Å²) in [6.07, 6.45) is 2.22. The van der Waals surface area contributed by atoms with Gasteiger partial charge in [-0.3, -0.25) is 14.0 Å². The smallest absolute Gasteiger partial charge is 0.270 e. The molecule has 0 bridgehead atoms. The van der Waals surface area contributed by atoms with E-state index in [1.807, 2.05) is 72.9 Å². The van der Waals surface area contributed by atoms with Crippen molar-refractivity contribution in [3.8, 4) is 22.4 Å². The van der Waals surface area contributed by atoms with Crippen LogP contribution in [-0.2, 0) is 5.41 Å². The van der Waals surface area contributed by atoms with Gasteiger partial charge in [0.1, 0.15) is 22.9 Å². The minimum atomic E-state index is -0.358. The Labute approximate surface area is 221 Å². The maximum Gasteiger partial charge on any atom is 0.270 e. The molecule has 1 amide bonds. The number of aromatic nitrogens is 2. The molecule has 0 saturated heterocycles. The van der Waals surface area contributed by atoms with Gasteiger partial charge in [-0.2, -0.15) is 0 Å². The van der Waals surface area contributed by atoms with Gasteiger partial charge in [-0.05, 0) is 64.6 Å². The van der Waals surface area contributed by atoms with E-state index in [-0.39, 0.29) is 22.9 Å². The van der Waals surface area contributed by atoms with Gasteiger partial charge in [0.05, 0.1) is 0 Å². The van der Waals surface area contributed by atoms with E-state index in [1.54, 1.807) is 23.6 Å². The van der Waals surface area contributed by atoms with Crippen molar-refractivity contribution in [3.63, 3.8) is 0 Å². The Hall–Kier alpha value is -4.58. The fourth-order valence-electron chi connectivity index (χ4n) is 4.73. The number of halogens is 1. The van der Waals surface area contributed by atoms with Crippen LogP contribution in [0.5, 0.6) is 0 Å². The largest absolute Gasteiger partial charge is 0.354 e. The minimum Gasteiger partial charge on any atom is -0.354 e. The van der Waals surface area contributed by atoms with E-state index in [1.165, 1.54) is 12.1 Å². The lowest BCUT2D eigenvalue weighted by Crippen LogP contribution is -2.22. The van der Waals surface area contributed by atoms with Crippen molar-refractivity contribution in [2.45, 2.75) is 25.7 Å². The summed E-state index contributed by atoms with van der Waals surface area (Å²) in [5.41, 5.74) is 5.19. The maximum absolute atomic E-state index is 13.5. The first-order chi connectivity index (χ1) is 18.3. The standard InChI is InChI=1S/C32H28FN3O2/c1-32(2,25-10-5-4-6-11-25)19-27(37)23-9-7-8-22(18-23)24-14-17-28-35-29(21-12-15-26(33)16-13-21)30(31(38)34-3)36(28)20-24/h4-18,20H,19H2,1-3H3,(H,34,38). The summed E-state index contributed by atoms with van der Waals surface area (Å²) in [5.74, 6) is -0.599. The summed E-state index contributed by atoms with van der Waals surface area (Å²) in [7, 11) is 1.56. The first-order valence-electron chi connectivity index (χ1n) is 12.5. The number of rotatable bonds is 7. The summed E-state index contributed by atoms with van der Waals surface area (Å²) in [6, 6.07) is 27.3. The normalized spacial score (nSPS) is 11.5. The number of fused-ring (bicyclic) bond motifs is 1. The molecule has 0 aliphatic rings. The average Bonchev–Trinajstić information content (AvgIpc) is 3.32. The topological polar surface area (TPSA) is 63.5 Å². The van der Waals surface area contributed by atoms with E-state index in [4.69, 9.17) is 0 Å². The molecular formula is C32H28FN3O2. The van der Waals surface area contributed by atoms with Crippen LogP contribution >= 0.6 is 0 Å². The second-order valence-corrected chi connectivity index (χ2v) is 9.97. The van der Waals surface area contributed by atoms with Gasteiger partial charge in [0.2, 0.25) is 0 Å². The molecule has 2 aromatic heterocycles. The van der Waals surface area contributed by atoms with Crippen LogP contribution in [0, 0.1) is 5.82 Å². The SMILES string of the molecule is CNC(=O)c1c(-c2ccc(F)cc2)nc2ccc(-c3cccc(C(=O)CC(C)(C)c4ccccc4)c3)cn12. The Balaban J connectivity index is 1.52. The van der Waals surface area contributed by atoms with Crippen LogP contribution in [0.4, 0.5) is 4.39 Å². The Morgan fingerprint density at radius 3 is 2.29 bits per heavy atom. The first kappa shape index (κ1) is 25.1. The van der Waals surface area contributed by atoms with Crippen molar-refractivity contribution < 1.29 is 14.0 Å². The van der Waals surface area contributed by atoms with Crippen molar-refractivity contribution in [1.82, 2.24) is 14.7 Å². The van der Waals surface area contributed by atoms with Crippen molar-refractivity contribution >= 4 is 17.3 Å². The maximum atomic E-state index is 13.5. The van der Waals surface area contributed by atoms with Gasteiger partial charge in [-0.15, -0.1) is 0 Å². The molecule has 3 aromatic carbocycles. The molecule has 0 atom stereocenters. The van der Waals surface area contributed by atoms with Crippen LogP contribution < -0.4 is 5.32 Å². The second-order valence-electron chi connectivity index (χ2n) is 9.97. The molecule has 0 unspecified atom stereocenters. The van der Waals surface area contributed by atoms with Gasteiger partial charge < -0.3 is 5.32 Å². The third kappa shape index (κ3) is 4.85. The van der Waals surface area contributed by atoms with E-state index >= 15 is 0 Å². The second kappa shape index (κ2) is 10.1. The monoisotopic (exact) mass is 505 g/mol. The number of hydrogen-bond acceptors (Lipinski definition) is 3. The number of nitrogens with one attached hydrogen (secondary N) is 1. The number of carbonyl (C=O) groups is 2. The molecule has 38 heavy (non-hydrogen) atoms. The van der Waals surface area contributed by atoms with E-state index in [9.17, 15) is 14.0 Å². The number of hydrogen-bond donors (Lipinski definition) is 1. The number of ketones is 1. The van der Waals surface area contributed by atoms with Gasteiger partial charge >= 0.3 is 0 Å². The summed E-state index contributed by atoms with van der Waals surface area (Å²) < 4.78 is 15.2. The van der Waals surface area contributed by atoms with Gasteiger partial charge in [0, 0.05) is 30.8 Å². The quantitative estimate of drug-likeness (QED) is 0.250. The molecule has 5 aromatic rings. The molecule has 0 saturated carbocycles. The number of nitrogens with zero attached hydrogens (tertiary/aromatic N) is 2. The zero-order valence-electron chi connectivity index (χ0n) is 21.5. The van der Waals surface area contributed by atoms with Crippen molar-refractivity contribution in [3.05, 3.63) is 120 Å². The predicted molar refractivity (Wildman–Crippen MR) is 148 cm³/mol. The lowest BCUT2D eigenvalue weighted by molar-refractivity contribution is 0.0949. The minimum absolute atomic E-state index is 0.0639. The van der Waals surface area contributed by atoms with Gasteiger partial charge in [0.25, 0.3) is 5.91 Å². The Morgan fingerprint density at radius 1 is 0.868 bits per heavy atom. The van der Waals surface area contributed by atoms with Crippen LogP contribution in [0.1, 0.15) is 46.7 Å². The molecule has 190 valence electrons. The van der Waals surface area contributed by atoms with Crippen molar-refractivity contribution in [2.75, 3.05) is 7.05 Å². The molecule has 2 heterocycles. The molecule has 5 nitrogen and oxygen atoms in total. The van der Waals surface area contributed by atoms with E-state index in [0.717, 1.165) is 16.7 Å². The van der Waals surface area contributed by atoms with Gasteiger partial charge in [-0.25, -0.2) is 9.37 Å². The number of imidazole rings is 1. The average molecular weight is 506 g/mol. The Kier molecular flexibility index (Phi) is 6.64. The zero-order chi connectivity index (χ0) is 26.9. The molecular weight excluding hydrogens is 477 g/mol. The molecule has 0 spiro atoms. The highest BCUT2D eigenvalue weighted by Crippen LogP contribution is 2.31. The summed E-state index contributed by atoms with van der Waals surface area (Å²) in [4.78, 5) is 30.9. The highest BCUT2D eigenvalue weighted by molar-refractivity contribution is 6.00. The number of amides is 1. The highest BCUT2D eigenvalue weighted by atomic mass is 19.1. The summed E-state index contributed by atoms with van der Waals surface area (Å²) in [6.45, 7) is 4.16. The molecule has 0 aliphatic heterocycles. The third-order valence-corrected chi connectivity index (χ3v) is 6.85. The van der Waals surface area contributed by atoms with Crippen LogP contribution in [-0.4, -0.2) is 28.1 Å². The number of pyridine rings is 1. The molecule has 6 heteroatoms. The predicted octanol–water partition coefficient (Wildman–Crippen LogP) is 6.72. The Morgan fingerprint density at radius 2 is 1.58 bits per heavy atom. The molecule has 1 N–H and O–H groups in total. The lowest BCUT2D eigenvalue weighted by atomic mass is 9.79. The van der Waals surface area contributed by atoms with E-state index in [0.29, 0.717) is 34.6 Å². The number of carbonyl (C=O) groups excluding carboxylic acids is 2. The van der Waals surface area contributed by atoms with Crippen molar-refractivity contribution in [1.29, 1.82) is 0 Å². The van der Waals surface area contributed by atoms with Crippen LogP contribution in [0.25, 0.3) is 28.0 Å². The zero-order valence-corrected chi connectivity index (χ0v) is 21.5. The molecule has 0 fully saturated rings. The van der Waals surface area contributed by atoms with Crippen LogP contribution in [0.3, 0.4) is 0 Å². The third-order valence-electron chi connectivity index (χ3n) is 6.85. The molecule has 0 radical (unpaired) electrons. The fraction of sp³-hybridized carbons (Fsp3) is 0.156. The lowest BCUT2D eigenvalue weighted by Gasteiger charge is -2.24. The van der Waals surface area contributed by atoms with Crippen molar-refractivity contribution in [2.24, 2.45) is 0 Å². The van der Waals surface area contributed by atoms with E-state index in [2.05, 4.69) is 24.1 Å². The molecule has 0 aliphatic carbocycles. The molecule has 5 rings (SSSR count).